The Labute approximate surface area is 112 Å². The predicted octanol–water partition coefficient (Wildman–Crippen LogP) is 3.46. The van der Waals surface area contributed by atoms with Gasteiger partial charge in [0.2, 0.25) is 0 Å². The zero-order valence-corrected chi connectivity index (χ0v) is 10.9. The minimum absolute atomic E-state index is 0.0313. The fourth-order valence-corrected chi connectivity index (χ4v) is 2.70. The van der Waals surface area contributed by atoms with Crippen molar-refractivity contribution in [2.24, 2.45) is 5.92 Å². The minimum atomic E-state index is -0.412. The molecule has 0 heterocycles. The van der Waals surface area contributed by atoms with Crippen molar-refractivity contribution in [1.82, 2.24) is 0 Å². The number of hydrogen-bond donors (Lipinski definition) is 1. The van der Waals surface area contributed by atoms with Crippen molar-refractivity contribution in [3.05, 3.63) is 33.9 Å². The molecule has 1 aromatic rings. The predicted molar refractivity (Wildman–Crippen MR) is 72.9 cm³/mol. The first-order chi connectivity index (χ1) is 9.11. The topological polar surface area (TPSA) is 79.0 Å². The van der Waals surface area contributed by atoms with Crippen molar-refractivity contribution >= 4 is 11.4 Å². The molecule has 100 valence electrons. The molecule has 1 fully saturated rings. The van der Waals surface area contributed by atoms with E-state index in [9.17, 15) is 10.1 Å². The Morgan fingerprint density at radius 2 is 2.16 bits per heavy atom. The van der Waals surface area contributed by atoms with Crippen LogP contribution in [0.15, 0.2) is 18.2 Å². The number of hydrogen-bond acceptors (Lipinski definition) is 4. The van der Waals surface area contributed by atoms with Crippen LogP contribution in [-0.4, -0.2) is 11.0 Å². The van der Waals surface area contributed by atoms with E-state index in [2.05, 4.69) is 12.2 Å². The van der Waals surface area contributed by atoms with Gasteiger partial charge in [-0.05, 0) is 37.8 Å². The van der Waals surface area contributed by atoms with Crippen LogP contribution in [0.1, 0.15) is 38.2 Å². The molecule has 0 bridgehead atoms. The lowest BCUT2D eigenvalue weighted by molar-refractivity contribution is -0.384. The van der Waals surface area contributed by atoms with E-state index >= 15 is 0 Å². The van der Waals surface area contributed by atoms with E-state index < -0.39 is 4.92 Å². The highest BCUT2D eigenvalue weighted by Crippen LogP contribution is 2.32. The van der Waals surface area contributed by atoms with Crippen molar-refractivity contribution in [2.75, 3.05) is 5.32 Å². The van der Waals surface area contributed by atoms with Gasteiger partial charge in [-0.1, -0.05) is 12.8 Å². The molecule has 1 aliphatic carbocycles. The number of nitrogens with one attached hydrogen (secondary N) is 1. The molecule has 19 heavy (non-hydrogen) atoms. The summed E-state index contributed by atoms with van der Waals surface area (Å²) in [5, 5.41) is 23.1. The van der Waals surface area contributed by atoms with Crippen LogP contribution in [0.3, 0.4) is 0 Å². The first-order valence-corrected chi connectivity index (χ1v) is 6.57. The molecular weight excluding hydrogens is 242 g/mol. The van der Waals surface area contributed by atoms with Crippen LogP contribution in [0.2, 0.25) is 0 Å². The number of rotatable bonds is 4. The summed E-state index contributed by atoms with van der Waals surface area (Å²) in [4.78, 5) is 10.6. The summed E-state index contributed by atoms with van der Waals surface area (Å²) in [6.07, 6.45) is 4.80. The fraction of sp³-hybridized carbons (Fsp3) is 0.500. The van der Waals surface area contributed by atoms with E-state index in [1.54, 1.807) is 6.07 Å². The number of benzene rings is 1. The van der Waals surface area contributed by atoms with E-state index in [4.69, 9.17) is 5.26 Å². The third kappa shape index (κ3) is 3.02. The molecular formula is C14H17N3O2. The highest BCUT2D eigenvalue weighted by molar-refractivity contribution is 5.64. The molecule has 0 aliphatic heterocycles. The van der Waals surface area contributed by atoms with Gasteiger partial charge >= 0.3 is 0 Å². The average molecular weight is 259 g/mol. The van der Waals surface area contributed by atoms with Gasteiger partial charge < -0.3 is 5.32 Å². The van der Waals surface area contributed by atoms with Gasteiger partial charge in [0, 0.05) is 12.1 Å². The van der Waals surface area contributed by atoms with Gasteiger partial charge in [-0.15, -0.1) is 0 Å². The normalized spacial score (nSPS) is 16.8. The van der Waals surface area contributed by atoms with Crippen LogP contribution in [0.25, 0.3) is 0 Å². The monoisotopic (exact) mass is 259 g/mol. The summed E-state index contributed by atoms with van der Waals surface area (Å²) < 4.78 is 0. The molecule has 1 aliphatic rings. The summed E-state index contributed by atoms with van der Waals surface area (Å²) in [5.41, 5.74) is 0.916. The third-order valence-corrected chi connectivity index (χ3v) is 3.81. The number of nitro benzene ring substituents is 1. The lowest BCUT2D eigenvalue weighted by Gasteiger charge is -2.21. The SMILES string of the molecule is CC(Nc1cc(C#N)ccc1[N+](=O)[O-])C1CCCC1. The summed E-state index contributed by atoms with van der Waals surface area (Å²) in [7, 11) is 0. The van der Waals surface area contributed by atoms with Crippen LogP contribution in [-0.2, 0) is 0 Å². The van der Waals surface area contributed by atoms with Crippen LogP contribution in [0.5, 0.6) is 0 Å². The molecule has 1 aromatic carbocycles. The Morgan fingerprint density at radius 1 is 1.47 bits per heavy atom. The zero-order chi connectivity index (χ0) is 13.8. The molecule has 2 rings (SSSR count). The molecule has 1 unspecified atom stereocenters. The molecule has 1 saturated carbocycles. The van der Waals surface area contributed by atoms with E-state index in [0.29, 0.717) is 17.2 Å². The van der Waals surface area contributed by atoms with Crippen molar-refractivity contribution in [1.29, 1.82) is 5.26 Å². The molecule has 1 N–H and O–H groups in total. The number of nitriles is 1. The summed E-state index contributed by atoms with van der Waals surface area (Å²) in [6, 6.07) is 6.63. The van der Waals surface area contributed by atoms with Crippen molar-refractivity contribution in [2.45, 2.75) is 38.6 Å². The average Bonchev–Trinajstić information content (AvgIpc) is 2.92. The quantitative estimate of drug-likeness (QED) is 0.663. The molecule has 0 amide bonds. The van der Waals surface area contributed by atoms with Crippen molar-refractivity contribution < 1.29 is 4.92 Å². The maximum Gasteiger partial charge on any atom is 0.292 e. The van der Waals surface area contributed by atoms with Crippen LogP contribution in [0.4, 0.5) is 11.4 Å². The molecule has 0 aromatic heterocycles. The highest BCUT2D eigenvalue weighted by Gasteiger charge is 2.24. The van der Waals surface area contributed by atoms with Crippen molar-refractivity contribution in [3.8, 4) is 6.07 Å². The van der Waals surface area contributed by atoms with Gasteiger partial charge in [0.15, 0.2) is 0 Å². The Balaban J connectivity index is 2.21. The van der Waals surface area contributed by atoms with E-state index in [-0.39, 0.29) is 11.7 Å². The van der Waals surface area contributed by atoms with E-state index in [1.165, 1.54) is 37.8 Å². The second-order valence-electron chi connectivity index (χ2n) is 5.08. The maximum atomic E-state index is 11.0. The first kappa shape index (κ1) is 13.3. The van der Waals surface area contributed by atoms with Gasteiger partial charge in [0.1, 0.15) is 5.69 Å². The minimum Gasteiger partial charge on any atom is -0.377 e. The Kier molecular flexibility index (Phi) is 4.00. The Bertz CT molecular complexity index is 516. The molecule has 0 saturated heterocycles. The molecule has 0 spiro atoms. The second-order valence-corrected chi connectivity index (χ2v) is 5.08. The smallest absolute Gasteiger partial charge is 0.292 e. The van der Waals surface area contributed by atoms with Gasteiger partial charge in [0.25, 0.3) is 5.69 Å². The van der Waals surface area contributed by atoms with Crippen LogP contribution >= 0.6 is 0 Å². The molecule has 1 atom stereocenters. The highest BCUT2D eigenvalue weighted by atomic mass is 16.6. The first-order valence-electron chi connectivity index (χ1n) is 6.57. The van der Waals surface area contributed by atoms with Gasteiger partial charge in [0.05, 0.1) is 16.6 Å². The molecule has 0 radical (unpaired) electrons. The van der Waals surface area contributed by atoms with Gasteiger partial charge in [-0.2, -0.15) is 5.26 Å². The number of nitrogens with zero attached hydrogens (tertiary/aromatic N) is 2. The molecule has 5 heteroatoms. The zero-order valence-electron chi connectivity index (χ0n) is 10.9. The Morgan fingerprint density at radius 3 is 2.74 bits per heavy atom. The van der Waals surface area contributed by atoms with Crippen LogP contribution in [0, 0.1) is 27.4 Å². The standard InChI is InChI=1S/C14H17N3O2/c1-10(12-4-2-3-5-12)16-13-8-11(9-15)6-7-14(13)17(18)19/h6-8,10,12,16H,2-5H2,1H3. The van der Waals surface area contributed by atoms with E-state index in [0.717, 1.165) is 0 Å². The summed E-state index contributed by atoms with van der Waals surface area (Å²) in [6.45, 7) is 2.05. The Hall–Kier alpha value is -2.09. The number of anilines is 1. The second kappa shape index (κ2) is 5.70. The van der Waals surface area contributed by atoms with E-state index in [1.807, 2.05) is 6.07 Å². The largest absolute Gasteiger partial charge is 0.377 e. The summed E-state index contributed by atoms with van der Waals surface area (Å²) >= 11 is 0. The van der Waals surface area contributed by atoms with Gasteiger partial charge in [-0.3, -0.25) is 10.1 Å². The van der Waals surface area contributed by atoms with Gasteiger partial charge in [-0.25, -0.2) is 0 Å². The fourth-order valence-electron chi connectivity index (χ4n) is 2.70. The maximum absolute atomic E-state index is 11.0. The molecule has 5 nitrogen and oxygen atoms in total. The van der Waals surface area contributed by atoms with Crippen LogP contribution < -0.4 is 5.32 Å². The third-order valence-electron chi connectivity index (χ3n) is 3.81. The lowest BCUT2D eigenvalue weighted by Crippen LogP contribution is -2.24. The lowest BCUT2D eigenvalue weighted by atomic mass is 9.99. The number of nitro groups is 1. The van der Waals surface area contributed by atoms with Crippen molar-refractivity contribution in [3.63, 3.8) is 0 Å². The summed E-state index contributed by atoms with van der Waals surface area (Å²) in [5.74, 6) is 0.561.